The standard InChI is InChI=1S/C13H19N3O3/c1-2-19-13-9-11(3-4-12(13)16(17)18)15-7-5-10(14)6-8-15/h3-4,9-10H,2,5-8,14H2,1H3. The van der Waals surface area contributed by atoms with Gasteiger partial charge in [0.15, 0.2) is 5.75 Å². The molecule has 0 unspecified atom stereocenters. The summed E-state index contributed by atoms with van der Waals surface area (Å²) in [5.41, 5.74) is 6.85. The second-order valence-electron chi connectivity index (χ2n) is 4.67. The lowest BCUT2D eigenvalue weighted by Gasteiger charge is -2.32. The monoisotopic (exact) mass is 265 g/mol. The Labute approximate surface area is 112 Å². The average molecular weight is 265 g/mol. The van der Waals surface area contributed by atoms with Gasteiger partial charge in [0.25, 0.3) is 0 Å². The van der Waals surface area contributed by atoms with Gasteiger partial charge >= 0.3 is 5.69 Å². The number of hydrogen-bond donors (Lipinski definition) is 1. The van der Waals surface area contributed by atoms with Crippen LogP contribution in [0.5, 0.6) is 5.75 Å². The molecule has 0 saturated carbocycles. The second kappa shape index (κ2) is 5.88. The van der Waals surface area contributed by atoms with Crippen LogP contribution in [-0.2, 0) is 0 Å². The van der Waals surface area contributed by atoms with Crippen LogP contribution in [0.1, 0.15) is 19.8 Å². The van der Waals surface area contributed by atoms with Crippen LogP contribution in [0, 0.1) is 10.1 Å². The van der Waals surface area contributed by atoms with Crippen LogP contribution < -0.4 is 15.4 Å². The van der Waals surface area contributed by atoms with Gasteiger partial charge in [-0.1, -0.05) is 0 Å². The Hall–Kier alpha value is -1.82. The molecule has 0 aromatic heterocycles. The Bertz CT molecular complexity index is 456. The minimum atomic E-state index is -0.416. The number of nitrogens with zero attached hydrogens (tertiary/aromatic N) is 2. The SMILES string of the molecule is CCOc1cc(N2CCC(N)CC2)ccc1[N+](=O)[O-]. The Balaban J connectivity index is 2.22. The third-order valence-corrected chi connectivity index (χ3v) is 3.34. The van der Waals surface area contributed by atoms with E-state index in [0.717, 1.165) is 31.6 Å². The van der Waals surface area contributed by atoms with Crippen LogP contribution in [0.4, 0.5) is 11.4 Å². The molecule has 1 aromatic rings. The van der Waals surface area contributed by atoms with Gasteiger partial charge in [-0.05, 0) is 25.8 Å². The molecule has 0 spiro atoms. The Kier molecular flexibility index (Phi) is 4.21. The lowest BCUT2D eigenvalue weighted by molar-refractivity contribution is -0.385. The highest BCUT2D eigenvalue weighted by Crippen LogP contribution is 2.32. The van der Waals surface area contributed by atoms with E-state index in [0.29, 0.717) is 12.4 Å². The summed E-state index contributed by atoms with van der Waals surface area (Å²) in [7, 11) is 0. The summed E-state index contributed by atoms with van der Waals surface area (Å²) in [6, 6.07) is 5.30. The summed E-state index contributed by atoms with van der Waals surface area (Å²) in [6.07, 6.45) is 1.89. The van der Waals surface area contributed by atoms with Gasteiger partial charge in [0.05, 0.1) is 11.5 Å². The first kappa shape index (κ1) is 13.6. The molecule has 1 heterocycles. The maximum atomic E-state index is 10.9. The Morgan fingerprint density at radius 3 is 2.74 bits per heavy atom. The molecule has 1 fully saturated rings. The van der Waals surface area contributed by atoms with E-state index in [9.17, 15) is 10.1 Å². The van der Waals surface area contributed by atoms with E-state index in [4.69, 9.17) is 10.5 Å². The summed E-state index contributed by atoms with van der Waals surface area (Å²) in [5.74, 6) is 0.333. The predicted molar refractivity (Wildman–Crippen MR) is 73.7 cm³/mol. The van der Waals surface area contributed by atoms with Gasteiger partial charge in [0.1, 0.15) is 0 Å². The molecular weight excluding hydrogens is 246 g/mol. The maximum absolute atomic E-state index is 10.9. The molecule has 1 aliphatic heterocycles. The fraction of sp³-hybridized carbons (Fsp3) is 0.538. The number of nitrogens with two attached hydrogens (primary N) is 1. The van der Waals surface area contributed by atoms with E-state index < -0.39 is 4.92 Å². The number of piperidine rings is 1. The molecule has 2 N–H and O–H groups in total. The molecule has 1 saturated heterocycles. The highest BCUT2D eigenvalue weighted by Gasteiger charge is 2.20. The normalized spacial score (nSPS) is 16.4. The highest BCUT2D eigenvalue weighted by atomic mass is 16.6. The first-order valence-corrected chi connectivity index (χ1v) is 6.53. The molecule has 0 amide bonds. The molecule has 19 heavy (non-hydrogen) atoms. The van der Waals surface area contributed by atoms with Crippen LogP contribution in [-0.4, -0.2) is 30.7 Å². The lowest BCUT2D eigenvalue weighted by Crippen LogP contribution is -2.39. The quantitative estimate of drug-likeness (QED) is 0.664. The van der Waals surface area contributed by atoms with E-state index in [-0.39, 0.29) is 11.7 Å². The van der Waals surface area contributed by atoms with Gasteiger partial charge < -0.3 is 15.4 Å². The van der Waals surface area contributed by atoms with E-state index >= 15 is 0 Å². The van der Waals surface area contributed by atoms with Crippen molar-refractivity contribution < 1.29 is 9.66 Å². The zero-order valence-electron chi connectivity index (χ0n) is 11.0. The van der Waals surface area contributed by atoms with Crippen molar-refractivity contribution in [3.63, 3.8) is 0 Å². The third kappa shape index (κ3) is 3.14. The van der Waals surface area contributed by atoms with Crippen molar-refractivity contribution in [1.82, 2.24) is 0 Å². The fourth-order valence-corrected chi connectivity index (χ4v) is 2.28. The van der Waals surface area contributed by atoms with Crippen LogP contribution in [0.15, 0.2) is 18.2 Å². The van der Waals surface area contributed by atoms with E-state index in [1.165, 1.54) is 6.07 Å². The number of nitro benzene ring substituents is 1. The molecular formula is C13H19N3O3. The molecule has 0 radical (unpaired) electrons. The molecule has 1 aromatic carbocycles. The highest BCUT2D eigenvalue weighted by molar-refractivity contribution is 5.59. The predicted octanol–water partition coefficient (Wildman–Crippen LogP) is 1.92. The van der Waals surface area contributed by atoms with E-state index in [1.54, 1.807) is 12.1 Å². The fourth-order valence-electron chi connectivity index (χ4n) is 2.28. The van der Waals surface area contributed by atoms with Crippen molar-refractivity contribution in [2.75, 3.05) is 24.6 Å². The number of benzene rings is 1. The van der Waals surface area contributed by atoms with Gasteiger partial charge in [-0.3, -0.25) is 10.1 Å². The zero-order valence-corrected chi connectivity index (χ0v) is 11.0. The molecule has 0 atom stereocenters. The Morgan fingerprint density at radius 2 is 2.16 bits per heavy atom. The summed E-state index contributed by atoms with van der Waals surface area (Å²) < 4.78 is 5.36. The molecule has 0 bridgehead atoms. The van der Waals surface area contributed by atoms with Crippen molar-refractivity contribution in [2.45, 2.75) is 25.8 Å². The first-order valence-electron chi connectivity index (χ1n) is 6.53. The third-order valence-electron chi connectivity index (χ3n) is 3.34. The van der Waals surface area contributed by atoms with Crippen LogP contribution >= 0.6 is 0 Å². The lowest BCUT2D eigenvalue weighted by atomic mass is 10.1. The summed E-state index contributed by atoms with van der Waals surface area (Å²) in [5, 5.41) is 10.9. The van der Waals surface area contributed by atoms with Gasteiger partial charge in [0, 0.05) is 37.0 Å². The minimum Gasteiger partial charge on any atom is -0.487 e. The van der Waals surface area contributed by atoms with Crippen molar-refractivity contribution >= 4 is 11.4 Å². The average Bonchev–Trinajstić information content (AvgIpc) is 2.39. The van der Waals surface area contributed by atoms with Gasteiger partial charge in [-0.2, -0.15) is 0 Å². The van der Waals surface area contributed by atoms with Crippen molar-refractivity contribution in [1.29, 1.82) is 0 Å². The van der Waals surface area contributed by atoms with Gasteiger partial charge in [0.2, 0.25) is 0 Å². The molecule has 6 heteroatoms. The first-order chi connectivity index (χ1) is 9.11. The van der Waals surface area contributed by atoms with Crippen molar-refractivity contribution in [3.8, 4) is 5.75 Å². The number of hydrogen-bond acceptors (Lipinski definition) is 5. The number of rotatable bonds is 4. The summed E-state index contributed by atoms with van der Waals surface area (Å²) >= 11 is 0. The van der Waals surface area contributed by atoms with Crippen LogP contribution in [0.3, 0.4) is 0 Å². The van der Waals surface area contributed by atoms with Gasteiger partial charge in [-0.15, -0.1) is 0 Å². The number of nitro groups is 1. The van der Waals surface area contributed by atoms with E-state index in [1.807, 2.05) is 6.92 Å². The summed E-state index contributed by atoms with van der Waals surface area (Å²) in [6.45, 7) is 3.99. The smallest absolute Gasteiger partial charge is 0.311 e. The Morgan fingerprint density at radius 1 is 1.47 bits per heavy atom. The van der Waals surface area contributed by atoms with Crippen molar-refractivity contribution in [3.05, 3.63) is 28.3 Å². The molecule has 2 rings (SSSR count). The largest absolute Gasteiger partial charge is 0.487 e. The van der Waals surface area contributed by atoms with Crippen LogP contribution in [0.2, 0.25) is 0 Å². The number of ether oxygens (including phenoxy) is 1. The summed E-state index contributed by atoms with van der Waals surface area (Å²) in [4.78, 5) is 12.7. The molecule has 6 nitrogen and oxygen atoms in total. The van der Waals surface area contributed by atoms with Crippen LogP contribution in [0.25, 0.3) is 0 Å². The van der Waals surface area contributed by atoms with E-state index in [2.05, 4.69) is 4.90 Å². The maximum Gasteiger partial charge on any atom is 0.311 e. The van der Waals surface area contributed by atoms with Gasteiger partial charge in [-0.25, -0.2) is 0 Å². The second-order valence-corrected chi connectivity index (χ2v) is 4.67. The molecule has 104 valence electrons. The van der Waals surface area contributed by atoms with Crippen molar-refractivity contribution in [2.24, 2.45) is 5.73 Å². The zero-order chi connectivity index (χ0) is 13.8. The molecule has 1 aliphatic rings. The molecule has 0 aliphatic carbocycles. The topological polar surface area (TPSA) is 81.6 Å². The minimum absolute atomic E-state index is 0.0133. The number of anilines is 1.